The Morgan fingerprint density at radius 3 is 2.41 bits per heavy atom. The minimum Gasteiger partial charge on any atom is -0.491 e. The zero-order valence-corrected chi connectivity index (χ0v) is 21.8. The van der Waals surface area contributed by atoms with Crippen LogP contribution < -0.4 is 15.3 Å². The van der Waals surface area contributed by atoms with Gasteiger partial charge in [-0.05, 0) is 55.9 Å². The molecule has 0 bridgehead atoms. The number of ether oxygens (including phenoxy) is 2. The maximum Gasteiger partial charge on any atom is 0.328 e. The van der Waals surface area contributed by atoms with E-state index in [9.17, 15) is 9.59 Å². The SMILES string of the molecule is COCCOc1ccc2c(c1)n(CC1CCC(C(=O)N3CCN(c4ccncc4)CC3)CC1)c(=O)n2C. The minimum absolute atomic E-state index is 0.00527. The van der Waals surface area contributed by atoms with E-state index >= 15 is 0 Å². The summed E-state index contributed by atoms with van der Waals surface area (Å²) >= 11 is 0. The Morgan fingerprint density at radius 1 is 0.973 bits per heavy atom. The molecule has 1 amide bonds. The number of aryl methyl sites for hydroxylation is 1. The van der Waals surface area contributed by atoms with Gasteiger partial charge in [0.25, 0.3) is 0 Å². The number of carbonyl (C=O) groups is 1. The van der Waals surface area contributed by atoms with Crippen LogP contribution >= 0.6 is 0 Å². The fourth-order valence-electron chi connectivity index (χ4n) is 5.75. The standard InChI is InChI=1S/C28H37N5O4/c1-30-25-8-7-24(37-18-17-36-2)19-26(25)33(28(30)35)20-21-3-5-22(6-4-21)27(34)32-15-13-31(14-16-32)23-9-11-29-12-10-23/h7-12,19,21-22H,3-6,13-18,20H2,1-2H3. The number of imidazole rings is 1. The molecule has 5 rings (SSSR count). The van der Waals surface area contributed by atoms with E-state index in [1.807, 2.05) is 59.2 Å². The highest BCUT2D eigenvalue weighted by Gasteiger charge is 2.31. The number of aromatic nitrogens is 3. The number of carbonyl (C=O) groups excluding carboxylic acids is 1. The van der Waals surface area contributed by atoms with Crippen LogP contribution in [0.15, 0.2) is 47.5 Å². The van der Waals surface area contributed by atoms with Gasteiger partial charge in [-0.2, -0.15) is 0 Å². The van der Waals surface area contributed by atoms with Crippen molar-refractivity contribution < 1.29 is 14.3 Å². The molecule has 1 aromatic carbocycles. The molecular formula is C28H37N5O4. The van der Waals surface area contributed by atoms with E-state index in [-0.39, 0.29) is 11.6 Å². The van der Waals surface area contributed by atoms with Crippen molar-refractivity contribution in [3.05, 3.63) is 53.2 Å². The second kappa shape index (κ2) is 11.4. The lowest BCUT2D eigenvalue weighted by Crippen LogP contribution is -2.50. The number of hydrogen-bond donors (Lipinski definition) is 0. The van der Waals surface area contributed by atoms with Crippen molar-refractivity contribution in [2.45, 2.75) is 32.2 Å². The van der Waals surface area contributed by atoms with E-state index in [2.05, 4.69) is 9.88 Å². The third-order valence-corrected chi connectivity index (χ3v) is 7.93. The van der Waals surface area contributed by atoms with E-state index in [0.717, 1.165) is 68.6 Å². The number of pyridine rings is 1. The summed E-state index contributed by atoms with van der Waals surface area (Å²) in [4.78, 5) is 34.8. The number of anilines is 1. The molecule has 3 heterocycles. The lowest BCUT2D eigenvalue weighted by atomic mass is 9.81. The zero-order chi connectivity index (χ0) is 25.8. The molecule has 9 nitrogen and oxygen atoms in total. The van der Waals surface area contributed by atoms with Gasteiger partial charge in [0.15, 0.2) is 0 Å². The number of rotatable bonds is 8. The molecule has 2 aromatic heterocycles. The van der Waals surface area contributed by atoms with Crippen LogP contribution in [0.5, 0.6) is 5.75 Å². The first-order valence-electron chi connectivity index (χ1n) is 13.3. The predicted molar refractivity (Wildman–Crippen MR) is 143 cm³/mol. The Kier molecular flexibility index (Phi) is 7.79. The first kappa shape index (κ1) is 25.3. The van der Waals surface area contributed by atoms with Crippen LogP contribution in [-0.4, -0.2) is 71.4 Å². The second-order valence-electron chi connectivity index (χ2n) is 10.2. The number of benzene rings is 1. The molecule has 9 heteroatoms. The fraction of sp³-hybridized carbons (Fsp3) is 0.536. The Bertz CT molecular complexity index is 1250. The average Bonchev–Trinajstić information content (AvgIpc) is 3.18. The first-order valence-corrected chi connectivity index (χ1v) is 13.3. The molecule has 2 aliphatic rings. The molecule has 1 saturated carbocycles. The summed E-state index contributed by atoms with van der Waals surface area (Å²) in [6.07, 6.45) is 7.32. The molecule has 0 atom stereocenters. The summed E-state index contributed by atoms with van der Waals surface area (Å²) in [6.45, 7) is 4.89. The van der Waals surface area contributed by atoms with Crippen molar-refractivity contribution in [2.75, 3.05) is 51.4 Å². The Morgan fingerprint density at radius 2 is 1.70 bits per heavy atom. The average molecular weight is 508 g/mol. The summed E-state index contributed by atoms with van der Waals surface area (Å²) in [5, 5.41) is 0. The summed E-state index contributed by atoms with van der Waals surface area (Å²) in [5.74, 6) is 1.51. The highest BCUT2D eigenvalue weighted by atomic mass is 16.5. The fourth-order valence-corrected chi connectivity index (χ4v) is 5.75. The largest absolute Gasteiger partial charge is 0.491 e. The highest BCUT2D eigenvalue weighted by Crippen LogP contribution is 2.32. The third-order valence-electron chi connectivity index (χ3n) is 7.93. The zero-order valence-electron chi connectivity index (χ0n) is 21.8. The van der Waals surface area contributed by atoms with Crippen LogP contribution in [0.3, 0.4) is 0 Å². The molecule has 2 fully saturated rings. The van der Waals surface area contributed by atoms with E-state index in [4.69, 9.17) is 9.47 Å². The molecule has 0 spiro atoms. The van der Waals surface area contributed by atoms with Crippen LogP contribution in [0.4, 0.5) is 5.69 Å². The Balaban J connectivity index is 1.17. The van der Waals surface area contributed by atoms with Crippen molar-refractivity contribution in [1.29, 1.82) is 0 Å². The predicted octanol–water partition coefficient (Wildman–Crippen LogP) is 2.92. The molecule has 0 radical (unpaired) electrons. The molecule has 37 heavy (non-hydrogen) atoms. The Hall–Kier alpha value is -3.33. The normalized spacial score (nSPS) is 20.4. The summed E-state index contributed by atoms with van der Waals surface area (Å²) in [5.41, 5.74) is 2.96. The van der Waals surface area contributed by atoms with Gasteiger partial charge in [0.1, 0.15) is 12.4 Å². The van der Waals surface area contributed by atoms with Crippen molar-refractivity contribution >= 4 is 22.6 Å². The highest BCUT2D eigenvalue weighted by molar-refractivity contribution is 5.79. The molecular weight excluding hydrogens is 470 g/mol. The topological polar surface area (TPSA) is 81.8 Å². The maximum absolute atomic E-state index is 13.3. The monoisotopic (exact) mass is 507 g/mol. The van der Waals surface area contributed by atoms with Crippen molar-refractivity contribution in [1.82, 2.24) is 19.0 Å². The number of methoxy groups -OCH3 is 1. The van der Waals surface area contributed by atoms with E-state index in [0.29, 0.717) is 31.6 Å². The second-order valence-corrected chi connectivity index (χ2v) is 10.2. The summed E-state index contributed by atoms with van der Waals surface area (Å²) in [7, 11) is 3.46. The van der Waals surface area contributed by atoms with Gasteiger partial charge >= 0.3 is 5.69 Å². The van der Waals surface area contributed by atoms with Crippen LogP contribution in [0, 0.1) is 11.8 Å². The number of amides is 1. The minimum atomic E-state index is -0.00527. The molecule has 198 valence electrons. The van der Waals surface area contributed by atoms with E-state index in [1.165, 1.54) is 5.69 Å². The smallest absolute Gasteiger partial charge is 0.328 e. The van der Waals surface area contributed by atoms with E-state index < -0.39 is 0 Å². The molecule has 1 aliphatic carbocycles. The van der Waals surface area contributed by atoms with Gasteiger partial charge in [0, 0.05) is 76.9 Å². The summed E-state index contributed by atoms with van der Waals surface area (Å²) in [6, 6.07) is 9.84. The van der Waals surface area contributed by atoms with Gasteiger partial charge in [0.2, 0.25) is 5.91 Å². The van der Waals surface area contributed by atoms with Gasteiger partial charge in [-0.1, -0.05) is 0 Å². The molecule has 0 N–H and O–H groups in total. The van der Waals surface area contributed by atoms with Crippen LogP contribution in [0.1, 0.15) is 25.7 Å². The van der Waals surface area contributed by atoms with Crippen LogP contribution in [0.25, 0.3) is 11.0 Å². The van der Waals surface area contributed by atoms with Crippen LogP contribution in [-0.2, 0) is 23.1 Å². The number of nitrogens with zero attached hydrogens (tertiary/aromatic N) is 5. The quantitative estimate of drug-likeness (QED) is 0.436. The number of fused-ring (bicyclic) bond motifs is 1. The summed E-state index contributed by atoms with van der Waals surface area (Å²) < 4.78 is 14.4. The van der Waals surface area contributed by atoms with Crippen molar-refractivity contribution in [2.24, 2.45) is 18.9 Å². The van der Waals surface area contributed by atoms with Crippen molar-refractivity contribution in [3.8, 4) is 5.75 Å². The number of hydrogen-bond acceptors (Lipinski definition) is 6. The lowest BCUT2D eigenvalue weighted by Gasteiger charge is -2.38. The third kappa shape index (κ3) is 5.51. The molecule has 1 aliphatic heterocycles. The molecule has 3 aromatic rings. The first-order chi connectivity index (χ1) is 18.0. The van der Waals surface area contributed by atoms with Crippen LogP contribution in [0.2, 0.25) is 0 Å². The van der Waals surface area contributed by atoms with Gasteiger partial charge < -0.3 is 19.3 Å². The maximum atomic E-state index is 13.3. The van der Waals surface area contributed by atoms with E-state index in [1.54, 1.807) is 11.7 Å². The van der Waals surface area contributed by atoms with Gasteiger partial charge in [-0.15, -0.1) is 0 Å². The van der Waals surface area contributed by atoms with Gasteiger partial charge in [0.05, 0.1) is 17.6 Å². The molecule has 1 saturated heterocycles. The van der Waals surface area contributed by atoms with Gasteiger partial charge in [-0.25, -0.2) is 4.79 Å². The molecule has 0 unspecified atom stereocenters. The lowest BCUT2D eigenvalue weighted by molar-refractivity contribution is -0.137. The van der Waals surface area contributed by atoms with Gasteiger partial charge in [-0.3, -0.25) is 18.9 Å². The number of piperazine rings is 1. The Labute approximate surface area is 217 Å². The van der Waals surface area contributed by atoms with Crippen molar-refractivity contribution in [3.63, 3.8) is 0 Å².